The van der Waals surface area contributed by atoms with Crippen molar-refractivity contribution in [3.8, 4) is 11.8 Å². The fraction of sp³-hybridized carbons (Fsp3) is 0.474. The zero-order valence-corrected chi connectivity index (χ0v) is 17.2. The van der Waals surface area contributed by atoms with Gasteiger partial charge >= 0.3 is 0 Å². The van der Waals surface area contributed by atoms with Gasteiger partial charge in [0.25, 0.3) is 0 Å². The molecule has 0 amide bonds. The third-order valence-electron chi connectivity index (χ3n) is 4.51. The Labute approximate surface area is 150 Å². The van der Waals surface area contributed by atoms with Gasteiger partial charge in [0.1, 0.15) is 0 Å². The van der Waals surface area contributed by atoms with Gasteiger partial charge in [-0.15, -0.1) is 17.3 Å². The topological polar surface area (TPSA) is 9.23 Å². The number of aryl methyl sites for hydroxylation is 1. The van der Waals surface area contributed by atoms with Crippen LogP contribution in [0.3, 0.4) is 0 Å². The molecular formula is C19H25ClOSSi. The molecule has 0 unspecified atom stereocenters. The molecule has 0 aliphatic rings. The third-order valence-corrected chi connectivity index (χ3v) is 10.8. The van der Waals surface area contributed by atoms with E-state index in [4.69, 9.17) is 16.0 Å². The Morgan fingerprint density at radius 1 is 1.17 bits per heavy atom. The molecule has 124 valence electrons. The van der Waals surface area contributed by atoms with Crippen molar-refractivity contribution in [2.75, 3.05) is 6.61 Å². The van der Waals surface area contributed by atoms with Gasteiger partial charge in [-0.1, -0.05) is 56.5 Å². The van der Waals surface area contributed by atoms with E-state index in [9.17, 15) is 0 Å². The summed E-state index contributed by atoms with van der Waals surface area (Å²) in [7, 11) is -1.68. The molecule has 0 fully saturated rings. The fourth-order valence-corrected chi connectivity index (χ4v) is 4.37. The van der Waals surface area contributed by atoms with Crippen LogP contribution in [0.5, 0.6) is 0 Å². The molecule has 0 spiro atoms. The van der Waals surface area contributed by atoms with Gasteiger partial charge in [-0.05, 0) is 30.6 Å². The Hall–Kier alpha value is -0.793. The Balaban J connectivity index is 1.87. The fourth-order valence-electron chi connectivity index (χ4n) is 1.97. The Kier molecular flexibility index (Phi) is 5.97. The summed E-state index contributed by atoms with van der Waals surface area (Å²) in [6, 6.07) is 8.28. The molecule has 0 atom stereocenters. The van der Waals surface area contributed by atoms with Crippen molar-refractivity contribution in [1.29, 1.82) is 0 Å². The summed E-state index contributed by atoms with van der Waals surface area (Å²) >= 11 is 8.22. The minimum Gasteiger partial charge on any atom is -0.406 e. The lowest BCUT2D eigenvalue weighted by Crippen LogP contribution is -2.40. The van der Waals surface area contributed by atoms with Gasteiger partial charge in [-0.2, -0.15) is 0 Å². The lowest BCUT2D eigenvalue weighted by molar-refractivity contribution is 0.334. The molecule has 1 heterocycles. The van der Waals surface area contributed by atoms with Crippen molar-refractivity contribution in [3.05, 3.63) is 34.2 Å². The average Bonchev–Trinajstić information content (AvgIpc) is 2.78. The number of hydrogen-bond donors (Lipinski definition) is 0. The number of thiophene rings is 1. The second kappa shape index (κ2) is 7.40. The van der Waals surface area contributed by atoms with E-state index in [1.807, 2.05) is 6.07 Å². The van der Waals surface area contributed by atoms with Crippen LogP contribution in [0.2, 0.25) is 23.2 Å². The van der Waals surface area contributed by atoms with E-state index in [0.717, 1.165) is 23.3 Å². The van der Waals surface area contributed by atoms with Crippen LogP contribution in [-0.2, 0) is 10.8 Å². The largest absolute Gasteiger partial charge is 0.406 e. The standard InChI is InChI=1S/C19H25ClOSSi/c1-19(2,3)23(4,5)21-14-10-6-7-13-17-18(20)15-11-8-9-12-16(15)22-17/h8-9,11-12H,7,13-14H2,1-5H3. The maximum Gasteiger partial charge on any atom is 0.193 e. The van der Waals surface area contributed by atoms with E-state index < -0.39 is 8.32 Å². The highest BCUT2D eigenvalue weighted by Gasteiger charge is 2.36. The van der Waals surface area contributed by atoms with Crippen molar-refractivity contribution in [1.82, 2.24) is 0 Å². The summed E-state index contributed by atoms with van der Waals surface area (Å²) < 4.78 is 7.31. The summed E-state index contributed by atoms with van der Waals surface area (Å²) in [5, 5.41) is 2.28. The highest BCUT2D eigenvalue weighted by Crippen LogP contribution is 2.37. The van der Waals surface area contributed by atoms with E-state index in [2.05, 4.69) is 63.9 Å². The first-order valence-corrected chi connectivity index (χ1v) is 12.1. The number of benzene rings is 1. The quantitative estimate of drug-likeness (QED) is 0.443. The smallest absolute Gasteiger partial charge is 0.193 e. The molecule has 23 heavy (non-hydrogen) atoms. The van der Waals surface area contributed by atoms with Crippen LogP contribution < -0.4 is 0 Å². The summed E-state index contributed by atoms with van der Waals surface area (Å²) in [6.07, 6.45) is 1.73. The maximum atomic E-state index is 6.45. The first-order chi connectivity index (χ1) is 10.7. The van der Waals surface area contributed by atoms with E-state index in [0.29, 0.717) is 6.61 Å². The predicted octanol–water partition coefficient (Wildman–Crippen LogP) is 6.51. The molecule has 0 bridgehead atoms. The predicted molar refractivity (Wildman–Crippen MR) is 106 cm³/mol. The molecule has 4 heteroatoms. The number of fused-ring (bicyclic) bond motifs is 1. The molecule has 0 saturated heterocycles. The number of hydrogen-bond acceptors (Lipinski definition) is 2. The summed E-state index contributed by atoms with van der Waals surface area (Å²) in [5.74, 6) is 6.39. The lowest BCUT2D eigenvalue weighted by Gasteiger charge is -2.35. The summed E-state index contributed by atoms with van der Waals surface area (Å²) in [5.41, 5.74) is 0. The molecule has 2 rings (SSSR count). The molecule has 0 aliphatic heterocycles. The Morgan fingerprint density at radius 2 is 1.87 bits per heavy atom. The van der Waals surface area contributed by atoms with E-state index >= 15 is 0 Å². The van der Waals surface area contributed by atoms with Crippen LogP contribution in [0.15, 0.2) is 24.3 Å². The van der Waals surface area contributed by atoms with Gasteiger partial charge in [0.2, 0.25) is 0 Å². The molecular weight excluding hydrogens is 340 g/mol. The average molecular weight is 365 g/mol. The van der Waals surface area contributed by atoms with Gasteiger partial charge in [0.15, 0.2) is 8.32 Å². The van der Waals surface area contributed by atoms with E-state index in [1.54, 1.807) is 11.3 Å². The molecule has 0 saturated carbocycles. The summed E-state index contributed by atoms with van der Waals surface area (Å²) in [6.45, 7) is 11.8. The highest BCUT2D eigenvalue weighted by molar-refractivity contribution is 7.19. The molecule has 0 N–H and O–H groups in total. The molecule has 0 aliphatic carbocycles. The normalized spacial score (nSPS) is 12.3. The van der Waals surface area contributed by atoms with Crippen molar-refractivity contribution in [3.63, 3.8) is 0 Å². The Morgan fingerprint density at radius 3 is 2.52 bits per heavy atom. The molecule has 2 aromatic rings. The van der Waals surface area contributed by atoms with Crippen molar-refractivity contribution in [2.24, 2.45) is 0 Å². The van der Waals surface area contributed by atoms with Gasteiger partial charge in [0.05, 0.1) is 11.6 Å². The van der Waals surface area contributed by atoms with Gasteiger partial charge in [-0.25, -0.2) is 0 Å². The maximum absolute atomic E-state index is 6.45. The van der Waals surface area contributed by atoms with Crippen molar-refractivity contribution >= 4 is 41.3 Å². The van der Waals surface area contributed by atoms with E-state index in [1.165, 1.54) is 9.58 Å². The zero-order valence-electron chi connectivity index (χ0n) is 14.6. The van der Waals surface area contributed by atoms with Gasteiger partial charge in [-0.3, -0.25) is 0 Å². The molecule has 1 aromatic carbocycles. The third kappa shape index (κ3) is 4.61. The van der Waals surface area contributed by atoms with Crippen LogP contribution >= 0.6 is 22.9 Å². The lowest BCUT2D eigenvalue weighted by atomic mass is 10.2. The second-order valence-electron chi connectivity index (χ2n) is 7.24. The first kappa shape index (κ1) is 18.5. The van der Waals surface area contributed by atoms with Crippen LogP contribution in [-0.4, -0.2) is 14.9 Å². The van der Waals surface area contributed by atoms with Gasteiger partial charge in [0, 0.05) is 21.4 Å². The molecule has 1 nitrogen and oxygen atoms in total. The van der Waals surface area contributed by atoms with Crippen molar-refractivity contribution in [2.45, 2.75) is 51.7 Å². The second-order valence-corrected chi connectivity index (χ2v) is 13.6. The Bertz CT molecular complexity index is 731. The van der Waals surface area contributed by atoms with Crippen molar-refractivity contribution < 1.29 is 4.43 Å². The van der Waals surface area contributed by atoms with Crippen LogP contribution in [0.1, 0.15) is 32.1 Å². The minimum absolute atomic E-state index is 0.235. The van der Waals surface area contributed by atoms with Gasteiger partial charge < -0.3 is 4.43 Å². The number of halogens is 1. The van der Waals surface area contributed by atoms with Crippen LogP contribution in [0.4, 0.5) is 0 Å². The first-order valence-electron chi connectivity index (χ1n) is 7.98. The molecule has 1 aromatic heterocycles. The number of rotatable bonds is 4. The SMILES string of the molecule is CC(C)(C)[Si](C)(C)OCC#CCCc1sc2ccccc2c1Cl. The zero-order chi connectivity index (χ0) is 17.1. The van der Waals surface area contributed by atoms with Crippen LogP contribution in [0.25, 0.3) is 10.1 Å². The summed E-state index contributed by atoms with van der Waals surface area (Å²) in [4.78, 5) is 1.23. The van der Waals surface area contributed by atoms with Crippen LogP contribution in [0, 0.1) is 11.8 Å². The minimum atomic E-state index is -1.68. The van der Waals surface area contributed by atoms with E-state index in [-0.39, 0.29) is 5.04 Å². The highest BCUT2D eigenvalue weighted by atomic mass is 35.5. The molecule has 0 radical (unpaired) electrons. The monoisotopic (exact) mass is 364 g/mol.